The molecule has 0 saturated heterocycles. The quantitative estimate of drug-likeness (QED) is 0.836. The van der Waals surface area contributed by atoms with Crippen molar-refractivity contribution in [3.63, 3.8) is 0 Å². The van der Waals surface area contributed by atoms with Gasteiger partial charge in [0.25, 0.3) is 0 Å². The van der Waals surface area contributed by atoms with Crippen molar-refractivity contribution in [1.29, 1.82) is 0 Å². The Morgan fingerprint density at radius 3 is 2.29 bits per heavy atom. The lowest BCUT2D eigenvalue weighted by Gasteiger charge is -2.26. The van der Waals surface area contributed by atoms with Gasteiger partial charge in [-0.05, 0) is 31.8 Å². The van der Waals surface area contributed by atoms with Crippen LogP contribution in [0.3, 0.4) is 0 Å². The molecule has 0 aliphatic rings. The number of ether oxygens (including phenoxy) is 2. The molecule has 1 rings (SSSR count). The van der Waals surface area contributed by atoms with Crippen LogP contribution in [-0.2, 0) is 4.79 Å². The smallest absolute Gasteiger partial charge is 0.222 e. The first-order valence-electron chi connectivity index (χ1n) is 7.06. The average molecular weight is 294 g/mol. The summed E-state index contributed by atoms with van der Waals surface area (Å²) in [4.78, 5) is 13.8. The summed E-state index contributed by atoms with van der Waals surface area (Å²) in [5, 5.41) is 2.98. The van der Waals surface area contributed by atoms with E-state index in [4.69, 9.17) is 9.47 Å². The van der Waals surface area contributed by atoms with Gasteiger partial charge in [-0.15, -0.1) is 0 Å². The van der Waals surface area contributed by atoms with Crippen molar-refractivity contribution in [2.24, 2.45) is 5.92 Å². The van der Waals surface area contributed by atoms with Gasteiger partial charge in [0.15, 0.2) is 11.5 Å². The van der Waals surface area contributed by atoms with E-state index < -0.39 is 0 Å². The third-order valence-corrected chi connectivity index (χ3v) is 3.41. The first-order chi connectivity index (χ1) is 9.90. The fourth-order valence-corrected chi connectivity index (χ4v) is 2.06. The van der Waals surface area contributed by atoms with Crippen LogP contribution in [0.5, 0.6) is 11.5 Å². The molecule has 0 fully saturated rings. The third-order valence-electron chi connectivity index (χ3n) is 3.41. The molecule has 0 aliphatic heterocycles. The lowest BCUT2D eigenvalue weighted by atomic mass is 10.0. The average Bonchev–Trinajstić information content (AvgIpc) is 2.46. The summed E-state index contributed by atoms with van der Waals surface area (Å²) in [7, 11) is 7.21. The number of benzene rings is 1. The van der Waals surface area contributed by atoms with E-state index in [1.54, 1.807) is 14.2 Å². The molecule has 118 valence electrons. The number of methoxy groups -OCH3 is 2. The standard InChI is InChI=1S/C16H26N2O3/c1-11(2)16(19)17-10-13(18(3)4)12-7-8-14(20-5)15(9-12)21-6/h7-9,11,13H,10H2,1-6H3,(H,17,19). The molecule has 5 nitrogen and oxygen atoms in total. The summed E-state index contributed by atoms with van der Waals surface area (Å²) < 4.78 is 10.6. The monoisotopic (exact) mass is 294 g/mol. The topological polar surface area (TPSA) is 50.8 Å². The van der Waals surface area contributed by atoms with Gasteiger partial charge in [0, 0.05) is 12.5 Å². The highest BCUT2D eigenvalue weighted by Crippen LogP contribution is 2.31. The van der Waals surface area contributed by atoms with Gasteiger partial charge in [-0.3, -0.25) is 4.79 Å². The molecule has 1 atom stereocenters. The van der Waals surface area contributed by atoms with Crippen LogP contribution in [0.4, 0.5) is 0 Å². The van der Waals surface area contributed by atoms with Crippen molar-refractivity contribution < 1.29 is 14.3 Å². The first kappa shape index (κ1) is 17.3. The van der Waals surface area contributed by atoms with Crippen LogP contribution in [0.1, 0.15) is 25.5 Å². The molecule has 0 heterocycles. The largest absolute Gasteiger partial charge is 0.493 e. The Balaban J connectivity index is 2.93. The maximum absolute atomic E-state index is 11.8. The van der Waals surface area contributed by atoms with Gasteiger partial charge in [-0.2, -0.15) is 0 Å². The van der Waals surface area contributed by atoms with Gasteiger partial charge >= 0.3 is 0 Å². The minimum Gasteiger partial charge on any atom is -0.493 e. The number of hydrogen-bond acceptors (Lipinski definition) is 4. The first-order valence-corrected chi connectivity index (χ1v) is 7.06. The van der Waals surface area contributed by atoms with E-state index >= 15 is 0 Å². The Hall–Kier alpha value is -1.75. The van der Waals surface area contributed by atoms with Crippen LogP contribution in [0, 0.1) is 5.92 Å². The molecular formula is C16H26N2O3. The maximum Gasteiger partial charge on any atom is 0.222 e. The number of likely N-dealkylation sites (N-methyl/N-ethyl adjacent to an activating group) is 1. The number of hydrogen-bond donors (Lipinski definition) is 1. The number of nitrogens with zero attached hydrogens (tertiary/aromatic N) is 1. The summed E-state index contributed by atoms with van der Waals surface area (Å²) in [6, 6.07) is 5.90. The molecule has 5 heteroatoms. The Morgan fingerprint density at radius 1 is 1.19 bits per heavy atom. The lowest BCUT2D eigenvalue weighted by Crippen LogP contribution is -2.36. The Labute approximate surface area is 127 Å². The molecule has 21 heavy (non-hydrogen) atoms. The van der Waals surface area contributed by atoms with Crippen LogP contribution in [0.2, 0.25) is 0 Å². The predicted octanol–water partition coefficient (Wildman–Crippen LogP) is 2.08. The number of rotatable bonds is 7. The van der Waals surface area contributed by atoms with Gasteiger partial charge in [0.05, 0.1) is 20.3 Å². The fourth-order valence-electron chi connectivity index (χ4n) is 2.06. The zero-order chi connectivity index (χ0) is 16.0. The highest BCUT2D eigenvalue weighted by atomic mass is 16.5. The summed E-state index contributed by atoms with van der Waals surface area (Å²) in [5.41, 5.74) is 1.07. The minimum absolute atomic E-state index is 0.0155. The van der Waals surface area contributed by atoms with Crippen molar-refractivity contribution in [1.82, 2.24) is 10.2 Å². The number of amides is 1. The Bertz CT molecular complexity index is 473. The van der Waals surface area contributed by atoms with E-state index in [1.807, 2.05) is 46.1 Å². The van der Waals surface area contributed by atoms with E-state index in [0.717, 1.165) is 5.56 Å². The summed E-state index contributed by atoms with van der Waals surface area (Å²) >= 11 is 0. The maximum atomic E-state index is 11.8. The molecule has 0 aromatic heterocycles. The molecule has 0 aliphatic carbocycles. The van der Waals surface area contributed by atoms with E-state index in [2.05, 4.69) is 10.2 Å². The van der Waals surface area contributed by atoms with E-state index in [-0.39, 0.29) is 17.9 Å². The highest BCUT2D eigenvalue weighted by molar-refractivity contribution is 5.77. The van der Waals surface area contributed by atoms with Gasteiger partial charge in [0.1, 0.15) is 0 Å². The molecule has 0 radical (unpaired) electrons. The van der Waals surface area contributed by atoms with Crippen molar-refractivity contribution in [3.8, 4) is 11.5 Å². The van der Waals surface area contributed by atoms with Gasteiger partial charge in [-0.25, -0.2) is 0 Å². The van der Waals surface area contributed by atoms with E-state index in [1.165, 1.54) is 0 Å². The molecular weight excluding hydrogens is 268 g/mol. The van der Waals surface area contributed by atoms with Gasteiger partial charge in [0.2, 0.25) is 5.91 Å². The van der Waals surface area contributed by atoms with Crippen LogP contribution in [-0.4, -0.2) is 45.7 Å². The fraction of sp³-hybridized carbons (Fsp3) is 0.562. The van der Waals surface area contributed by atoms with Crippen LogP contribution >= 0.6 is 0 Å². The Kier molecular flexibility index (Phi) is 6.49. The molecule has 1 N–H and O–H groups in total. The minimum atomic E-state index is -0.0155. The second kappa shape index (κ2) is 7.88. The second-order valence-corrected chi connectivity index (χ2v) is 5.49. The van der Waals surface area contributed by atoms with E-state index in [0.29, 0.717) is 18.0 Å². The van der Waals surface area contributed by atoms with Gasteiger partial charge < -0.3 is 19.7 Å². The molecule has 0 saturated carbocycles. The molecule has 0 spiro atoms. The molecule has 0 bridgehead atoms. The summed E-state index contributed by atoms with van der Waals surface area (Å²) in [5.74, 6) is 1.43. The lowest BCUT2D eigenvalue weighted by molar-refractivity contribution is -0.124. The molecule has 1 aromatic carbocycles. The summed E-state index contributed by atoms with van der Waals surface area (Å²) in [6.45, 7) is 4.33. The second-order valence-electron chi connectivity index (χ2n) is 5.49. The predicted molar refractivity (Wildman–Crippen MR) is 83.8 cm³/mol. The summed E-state index contributed by atoms with van der Waals surface area (Å²) in [6.07, 6.45) is 0. The van der Waals surface area contributed by atoms with Crippen molar-refractivity contribution >= 4 is 5.91 Å². The normalized spacial score (nSPS) is 12.4. The molecule has 1 amide bonds. The third kappa shape index (κ3) is 4.63. The highest BCUT2D eigenvalue weighted by Gasteiger charge is 2.18. The van der Waals surface area contributed by atoms with Crippen molar-refractivity contribution in [2.45, 2.75) is 19.9 Å². The number of nitrogens with one attached hydrogen (secondary N) is 1. The zero-order valence-electron chi connectivity index (χ0n) is 13.8. The zero-order valence-corrected chi connectivity index (χ0v) is 13.8. The van der Waals surface area contributed by atoms with Gasteiger partial charge in [-0.1, -0.05) is 19.9 Å². The molecule has 1 aromatic rings. The van der Waals surface area contributed by atoms with E-state index in [9.17, 15) is 4.79 Å². The Morgan fingerprint density at radius 2 is 1.81 bits per heavy atom. The SMILES string of the molecule is COc1ccc(C(CNC(=O)C(C)C)N(C)C)cc1OC. The van der Waals surface area contributed by atoms with Crippen LogP contribution < -0.4 is 14.8 Å². The number of carbonyl (C=O) groups is 1. The van der Waals surface area contributed by atoms with Crippen LogP contribution in [0.15, 0.2) is 18.2 Å². The van der Waals surface area contributed by atoms with Crippen molar-refractivity contribution in [3.05, 3.63) is 23.8 Å². The number of carbonyl (C=O) groups excluding carboxylic acids is 1. The van der Waals surface area contributed by atoms with Crippen LogP contribution in [0.25, 0.3) is 0 Å². The van der Waals surface area contributed by atoms with Crippen molar-refractivity contribution in [2.75, 3.05) is 34.9 Å². The molecule has 1 unspecified atom stereocenters.